The highest BCUT2D eigenvalue weighted by Crippen LogP contribution is 2.26. The standard InChI is InChI=1S/C10H10ClNO2/c1-7(5-12)14-10-4-2-3-9(11)8(10)6-13/h2-4,7,13H,6H2,1H3. The molecule has 0 fully saturated rings. The fourth-order valence-electron chi connectivity index (χ4n) is 1.02. The van der Waals surface area contributed by atoms with Crippen LogP contribution < -0.4 is 4.74 Å². The predicted molar refractivity (Wildman–Crippen MR) is 53.1 cm³/mol. The summed E-state index contributed by atoms with van der Waals surface area (Å²) in [5, 5.41) is 18.0. The predicted octanol–water partition coefficient (Wildman–Crippen LogP) is 2.12. The molecular weight excluding hydrogens is 202 g/mol. The van der Waals surface area contributed by atoms with Crippen molar-refractivity contribution in [3.8, 4) is 11.8 Å². The molecule has 0 aliphatic rings. The average molecular weight is 212 g/mol. The SMILES string of the molecule is CC(C#N)Oc1cccc(Cl)c1CO. The van der Waals surface area contributed by atoms with Gasteiger partial charge in [0.25, 0.3) is 0 Å². The molecule has 14 heavy (non-hydrogen) atoms. The van der Waals surface area contributed by atoms with Crippen molar-refractivity contribution >= 4 is 11.6 Å². The molecule has 1 aromatic carbocycles. The second-order valence-corrected chi connectivity index (χ2v) is 3.17. The number of aliphatic hydroxyl groups is 1. The van der Waals surface area contributed by atoms with E-state index in [1.54, 1.807) is 25.1 Å². The number of hydrogen-bond acceptors (Lipinski definition) is 3. The van der Waals surface area contributed by atoms with Gasteiger partial charge in [-0.05, 0) is 19.1 Å². The Bertz CT molecular complexity index is 360. The lowest BCUT2D eigenvalue weighted by Crippen LogP contribution is -2.09. The highest BCUT2D eigenvalue weighted by Gasteiger charge is 2.09. The van der Waals surface area contributed by atoms with Crippen LogP contribution in [0.2, 0.25) is 5.02 Å². The smallest absolute Gasteiger partial charge is 0.181 e. The third-order valence-electron chi connectivity index (χ3n) is 1.72. The van der Waals surface area contributed by atoms with E-state index in [1.165, 1.54) is 0 Å². The molecule has 1 N–H and O–H groups in total. The van der Waals surface area contributed by atoms with E-state index in [-0.39, 0.29) is 6.61 Å². The summed E-state index contributed by atoms with van der Waals surface area (Å²) >= 11 is 5.83. The number of nitriles is 1. The summed E-state index contributed by atoms with van der Waals surface area (Å²) in [7, 11) is 0. The third kappa shape index (κ3) is 2.38. The first kappa shape index (κ1) is 10.8. The van der Waals surface area contributed by atoms with Gasteiger partial charge in [-0.3, -0.25) is 0 Å². The molecule has 0 spiro atoms. The first-order chi connectivity index (χ1) is 6.69. The van der Waals surface area contributed by atoms with E-state index < -0.39 is 6.10 Å². The maximum atomic E-state index is 9.04. The van der Waals surface area contributed by atoms with Crippen molar-refractivity contribution in [3.05, 3.63) is 28.8 Å². The van der Waals surface area contributed by atoms with Gasteiger partial charge in [-0.15, -0.1) is 0 Å². The Morgan fingerprint density at radius 1 is 1.64 bits per heavy atom. The normalized spacial score (nSPS) is 11.9. The van der Waals surface area contributed by atoms with Crippen LogP contribution in [0.5, 0.6) is 5.75 Å². The van der Waals surface area contributed by atoms with Crippen LogP contribution in [0.15, 0.2) is 18.2 Å². The lowest BCUT2D eigenvalue weighted by atomic mass is 10.2. The number of nitrogens with zero attached hydrogens (tertiary/aromatic N) is 1. The highest BCUT2D eigenvalue weighted by atomic mass is 35.5. The summed E-state index contributed by atoms with van der Waals surface area (Å²) < 4.78 is 5.26. The van der Waals surface area contributed by atoms with Gasteiger partial charge in [0.15, 0.2) is 6.10 Å². The van der Waals surface area contributed by atoms with Gasteiger partial charge in [0.05, 0.1) is 6.61 Å². The van der Waals surface area contributed by atoms with Crippen LogP contribution in [0.3, 0.4) is 0 Å². The number of aliphatic hydroxyl groups excluding tert-OH is 1. The largest absolute Gasteiger partial charge is 0.475 e. The Kier molecular flexibility index (Phi) is 3.75. The van der Waals surface area contributed by atoms with Crippen LogP contribution in [0.1, 0.15) is 12.5 Å². The van der Waals surface area contributed by atoms with Crippen molar-refractivity contribution in [1.29, 1.82) is 5.26 Å². The minimum atomic E-state index is -0.557. The average Bonchev–Trinajstić information content (AvgIpc) is 2.18. The summed E-state index contributed by atoms with van der Waals surface area (Å²) in [6.07, 6.45) is -0.557. The van der Waals surface area contributed by atoms with E-state index in [1.807, 2.05) is 6.07 Å². The minimum absolute atomic E-state index is 0.201. The van der Waals surface area contributed by atoms with Gasteiger partial charge in [-0.2, -0.15) is 5.26 Å². The molecule has 1 unspecified atom stereocenters. The maximum absolute atomic E-state index is 9.04. The Hall–Kier alpha value is -1.24. The second-order valence-electron chi connectivity index (χ2n) is 2.76. The molecule has 0 heterocycles. The molecular formula is C10H10ClNO2. The van der Waals surface area contributed by atoms with E-state index in [0.29, 0.717) is 16.3 Å². The molecule has 0 radical (unpaired) electrons. The van der Waals surface area contributed by atoms with Gasteiger partial charge >= 0.3 is 0 Å². The Labute approximate surface area is 87.5 Å². The van der Waals surface area contributed by atoms with Crippen molar-refractivity contribution < 1.29 is 9.84 Å². The van der Waals surface area contributed by atoms with Crippen LogP contribution >= 0.6 is 11.6 Å². The number of rotatable bonds is 3. The van der Waals surface area contributed by atoms with Gasteiger partial charge in [-0.1, -0.05) is 17.7 Å². The van der Waals surface area contributed by atoms with Crippen LogP contribution in [-0.2, 0) is 6.61 Å². The molecule has 3 nitrogen and oxygen atoms in total. The van der Waals surface area contributed by atoms with Gasteiger partial charge in [0.1, 0.15) is 11.8 Å². The number of halogens is 1. The monoisotopic (exact) mass is 211 g/mol. The summed E-state index contributed by atoms with van der Waals surface area (Å²) in [6, 6.07) is 6.98. The second kappa shape index (κ2) is 4.85. The minimum Gasteiger partial charge on any atom is -0.475 e. The van der Waals surface area contributed by atoms with Crippen LogP contribution in [0.25, 0.3) is 0 Å². The summed E-state index contributed by atoms with van der Waals surface area (Å²) in [5.41, 5.74) is 0.510. The lowest BCUT2D eigenvalue weighted by Gasteiger charge is -2.12. The fraction of sp³-hybridized carbons (Fsp3) is 0.300. The highest BCUT2D eigenvalue weighted by molar-refractivity contribution is 6.31. The van der Waals surface area contributed by atoms with Crippen molar-refractivity contribution in [2.75, 3.05) is 0 Å². The van der Waals surface area contributed by atoms with Crippen LogP contribution in [-0.4, -0.2) is 11.2 Å². The van der Waals surface area contributed by atoms with Gasteiger partial charge in [0.2, 0.25) is 0 Å². The van der Waals surface area contributed by atoms with Crippen molar-refractivity contribution in [2.24, 2.45) is 0 Å². The lowest BCUT2D eigenvalue weighted by molar-refractivity contribution is 0.247. The summed E-state index contributed by atoms with van der Waals surface area (Å²) in [6.45, 7) is 1.43. The molecule has 74 valence electrons. The van der Waals surface area contributed by atoms with Crippen molar-refractivity contribution in [3.63, 3.8) is 0 Å². The molecule has 4 heteroatoms. The molecule has 1 aromatic rings. The maximum Gasteiger partial charge on any atom is 0.181 e. The topological polar surface area (TPSA) is 53.2 Å². The molecule has 0 aliphatic carbocycles. The zero-order valence-electron chi connectivity index (χ0n) is 7.70. The van der Waals surface area contributed by atoms with Gasteiger partial charge in [0, 0.05) is 10.6 Å². The zero-order valence-corrected chi connectivity index (χ0v) is 8.45. The van der Waals surface area contributed by atoms with Crippen LogP contribution in [0, 0.1) is 11.3 Å². The quantitative estimate of drug-likeness (QED) is 0.833. The zero-order chi connectivity index (χ0) is 10.6. The molecule has 0 amide bonds. The van der Waals surface area contributed by atoms with Crippen molar-refractivity contribution in [1.82, 2.24) is 0 Å². The molecule has 0 saturated heterocycles. The third-order valence-corrected chi connectivity index (χ3v) is 2.07. The molecule has 0 bridgehead atoms. The van der Waals surface area contributed by atoms with E-state index in [2.05, 4.69) is 0 Å². The Morgan fingerprint density at radius 2 is 2.36 bits per heavy atom. The Morgan fingerprint density at radius 3 is 2.93 bits per heavy atom. The molecule has 0 aliphatic heterocycles. The molecule has 0 aromatic heterocycles. The molecule has 0 saturated carbocycles. The number of hydrogen-bond donors (Lipinski definition) is 1. The van der Waals surface area contributed by atoms with E-state index in [4.69, 9.17) is 26.7 Å². The van der Waals surface area contributed by atoms with E-state index >= 15 is 0 Å². The first-order valence-electron chi connectivity index (χ1n) is 4.13. The molecule has 1 atom stereocenters. The van der Waals surface area contributed by atoms with E-state index in [9.17, 15) is 0 Å². The first-order valence-corrected chi connectivity index (χ1v) is 4.51. The van der Waals surface area contributed by atoms with E-state index in [0.717, 1.165) is 0 Å². The molecule has 1 rings (SSSR count). The van der Waals surface area contributed by atoms with Gasteiger partial charge in [-0.25, -0.2) is 0 Å². The number of benzene rings is 1. The van der Waals surface area contributed by atoms with Gasteiger partial charge < -0.3 is 9.84 Å². The fourth-order valence-corrected chi connectivity index (χ4v) is 1.25. The van der Waals surface area contributed by atoms with Crippen molar-refractivity contribution in [2.45, 2.75) is 19.6 Å². The Balaban J connectivity index is 2.97. The number of ether oxygens (including phenoxy) is 1. The summed E-state index contributed by atoms with van der Waals surface area (Å²) in [5.74, 6) is 0.453. The van der Waals surface area contributed by atoms with Crippen LogP contribution in [0.4, 0.5) is 0 Å². The summed E-state index contributed by atoms with van der Waals surface area (Å²) in [4.78, 5) is 0.